The molecular formula is C89H151NO18. The van der Waals surface area contributed by atoms with Gasteiger partial charge in [0.1, 0.15) is 73.2 Å². The van der Waals surface area contributed by atoms with E-state index >= 15 is 0 Å². The molecule has 3 aliphatic heterocycles. The number of allylic oxidation sites excluding steroid dienone is 22. The molecule has 17 atom stereocenters. The fraction of sp³-hybridized carbons (Fsp3) is 0.742. The molecule has 620 valence electrons. The van der Waals surface area contributed by atoms with Crippen LogP contribution in [0.15, 0.2) is 134 Å². The van der Waals surface area contributed by atoms with E-state index in [1.807, 2.05) is 0 Å². The molecule has 0 spiro atoms. The number of amides is 1. The van der Waals surface area contributed by atoms with E-state index < -0.39 is 124 Å². The van der Waals surface area contributed by atoms with Gasteiger partial charge in [-0.1, -0.05) is 321 Å². The minimum atomic E-state index is -1.98. The molecule has 0 aliphatic carbocycles. The van der Waals surface area contributed by atoms with Crippen molar-refractivity contribution in [2.45, 2.75) is 394 Å². The molecule has 3 heterocycles. The highest BCUT2D eigenvalue weighted by Crippen LogP contribution is 2.33. The highest BCUT2D eigenvalue weighted by atomic mass is 16.8. The lowest BCUT2D eigenvalue weighted by Gasteiger charge is -2.48. The third-order valence-corrected chi connectivity index (χ3v) is 20.2. The summed E-state index contributed by atoms with van der Waals surface area (Å²) in [5.74, 6) is -0.264. The molecular weight excluding hydrogens is 1370 g/mol. The maximum Gasteiger partial charge on any atom is 0.220 e. The molecule has 19 nitrogen and oxygen atoms in total. The monoisotopic (exact) mass is 1520 g/mol. The summed E-state index contributed by atoms with van der Waals surface area (Å²) in [6.07, 6.45) is 69.6. The van der Waals surface area contributed by atoms with Crippen molar-refractivity contribution >= 4 is 5.91 Å². The first-order valence-electron chi connectivity index (χ1n) is 42.4. The quantitative estimate of drug-likeness (QED) is 0.0199. The molecule has 1 amide bonds. The molecule has 19 heteroatoms. The average Bonchev–Trinajstić information content (AvgIpc) is 0.775. The van der Waals surface area contributed by atoms with Gasteiger partial charge in [0.25, 0.3) is 0 Å². The first-order chi connectivity index (χ1) is 52.8. The Bertz CT molecular complexity index is 2470. The van der Waals surface area contributed by atoms with Gasteiger partial charge >= 0.3 is 0 Å². The van der Waals surface area contributed by atoms with E-state index in [0.29, 0.717) is 12.8 Å². The zero-order chi connectivity index (χ0) is 78.1. The van der Waals surface area contributed by atoms with Crippen LogP contribution in [0.1, 0.15) is 290 Å². The lowest BCUT2D eigenvalue weighted by molar-refractivity contribution is -0.379. The van der Waals surface area contributed by atoms with E-state index in [0.717, 1.165) is 128 Å². The largest absolute Gasteiger partial charge is 0.394 e. The second-order valence-electron chi connectivity index (χ2n) is 29.6. The number of ether oxygens (including phenoxy) is 6. The molecule has 0 aromatic carbocycles. The van der Waals surface area contributed by atoms with Gasteiger partial charge in [-0.25, -0.2) is 0 Å². The Morgan fingerprint density at radius 1 is 0.343 bits per heavy atom. The van der Waals surface area contributed by atoms with Crippen LogP contribution in [0.5, 0.6) is 0 Å². The van der Waals surface area contributed by atoms with Gasteiger partial charge in [0.05, 0.1) is 38.6 Å². The SMILES string of the molecule is CC/C=C\C/C=C\C/C=C\C/C=C\C/C=C\C/C=C\C/C=C\C/C=C\C/C=C\C/C=C\C/C=C\CCCCCCCC(=O)NC(COC1OC(CO)C(OC2OC(CO)C(OC3OC(CO)C(O)C(O)C3O)C(O)C2O)C(O)C1O)C(O)CCCCCCCCCCCCCCCCCCCCCCCCCC. The van der Waals surface area contributed by atoms with Crippen LogP contribution in [-0.4, -0.2) is 193 Å². The van der Waals surface area contributed by atoms with Crippen molar-refractivity contribution in [3.63, 3.8) is 0 Å². The fourth-order valence-electron chi connectivity index (χ4n) is 13.5. The molecule has 0 radical (unpaired) electrons. The standard InChI is InChI=1S/C89H151NO18/c1-3-5-7-9-11-13-15-17-19-21-23-25-27-29-30-31-32-33-34-35-36-37-38-39-40-41-42-43-45-47-49-51-53-55-57-59-61-63-65-67-77(95)90-72(73(94)66-64-62-60-58-56-54-52-50-48-46-44-28-26-24-22-20-18-16-14-12-10-8-6-4-2)71-103-87-83(101)80(98)85(75(69-92)105-87)108-89-84(102)81(99)86(76(70-93)106-89)107-88-82(100)79(97)78(96)74(68-91)104-88/h5,7,11,13,17,19,23,25,29-30,32-33,35-36,38-39,41-42,45,47,51,53,72-76,78-89,91-94,96-102H,3-4,6,8-10,12,14-16,18,20-22,24,26-28,31,34,37,40,43-44,46,48-50,52,54-71H2,1-2H3,(H,90,95)/b7-5-,13-11-,19-17-,25-23-,30-29-,33-32-,36-35-,39-38-,42-41-,47-45-,53-51-. The number of carbonyl (C=O) groups is 1. The topological polar surface area (TPSA) is 307 Å². The van der Waals surface area contributed by atoms with Crippen molar-refractivity contribution in [2.24, 2.45) is 0 Å². The summed E-state index contributed by atoms with van der Waals surface area (Å²) in [4.78, 5) is 13.5. The number of hydrogen-bond donors (Lipinski definition) is 12. The van der Waals surface area contributed by atoms with Crippen LogP contribution in [0, 0.1) is 0 Å². The lowest BCUT2D eigenvalue weighted by Crippen LogP contribution is -2.66. The molecule has 0 aromatic rings. The Kier molecular flexibility index (Phi) is 61.3. The number of rotatable bonds is 66. The van der Waals surface area contributed by atoms with Crippen LogP contribution in [0.25, 0.3) is 0 Å². The van der Waals surface area contributed by atoms with E-state index in [1.54, 1.807) is 0 Å². The summed E-state index contributed by atoms with van der Waals surface area (Å²) in [5.41, 5.74) is 0. The summed E-state index contributed by atoms with van der Waals surface area (Å²) in [6, 6.07) is -0.910. The van der Waals surface area contributed by atoms with Crippen molar-refractivity contribution in [1.82, 2.24) is 5.32 Å². The number of nitrogens with one attached hydrogen (secondary N) is 1. The van der Waals surface area contributed by atoms with Crippen molar-refractivity contribution in [2.75, 3.05) is 26.4 Å². The Morgan fingerprint density at radius 2 is 0.639 bits per heavy atom. The van der Waals surface area contributed by atoms with Gasteiger partial charge in [0.15, 0.2) is 18.9 Å². The highest BCUT2D eigenvalue weighted by molar-refractivity contribution is 5.76. The van der Waals surface area contributed by atoms with E-state index in [-0.39, 0.29) is 18.9 Å². The normalized spacial score (nSPS) is 26.1. The molecule has 0 bridgehead atoms. The van der Waals surface area contributed by atoms with Gasteiger partial charge < -0.3 is 89.9 Å². The van der Waals surface area contributed by atoms with Gasteiger partial charge in [-0.3, -0.25) is 4.79 Å². The number of aliphatic hydroxyl groups excluding tert-OH is 11. The zero-order valence-corrected chi connectivity index (χ0v) is 66.5. The van der Waals surface area contributed by atoms with E-state index in [4.69, 9.17) is 28.4 Å². The van der Waals surface area contributed by atoms with Crippen molar-refractivity contribution in [3.05, 3.63) is 134 Å². The van der Waals surface area contributed by atoms with Crippen LogP contribution in [0.2, 0.25) is 0 Å². The first kappa shape index (κ1) is 98.1. The molecule has 17 unspecified atom stereocenters. The smallest absolute Gasteiger partial charge is 0.220 e. The molecule has 108 heavy (non-hydrogen) atoms. The summed E-state index contributed by atoms with van der Waals surface area (Å²) in [6.45, 7) is 1.69. The van der Waals surface area contributed by atoms with Gasteiger partial charge in [0, 0.05) is 6.42 Å². The van der Waals surface area contributed by atoms with Gasteiger partial charge in [-0.05, 0) is 96.3 Å². The predicted octanol–water partition coefficient (Wildman–Crippen LogP) is 15.2. The Labute approximate surface area is 651 Å². The molecule has 3 rings (SSSR count). The molecule has 0 aromatic heterocycles. The van der Waals surface area contributed by atoms with Crippen LogP contribution >= 0.6 is 0 Å². The highest BCUT2D eigenvalue weighted by Gasteiger charge is 2.54. The zero-order valence-electron chi connectivity index (χ0n) is 66.5. The molecule has 3 aliphatic rings. The number of unbranched alkanes of at least 4 members (excludes halogenated alkanes) is 28. The van der Waals surface area contributed by atoms with E-state index in [1.165, 1.54) is 128 Å². The average molecular weight is 1520 g/mol. The summed E-state index contributed by atoms with van der Waals surface area (Å²) in [7, 11) is 0. The molecule has 3 saturated heterocycles. The van der Waals surface area contributed by atoms with Crippen LogP contribution in [0.4, 0.5) is 0 Å². The van der Waals surface area contributed by atoms with Gasteiger partial charge in [-0.2, -0.15) is 0 Å². The second kappa shape index (κ2) is 67.4. The number of hydrogen-bond acceptors (Lipinski definition) is 18. The van der Waals surface area contributed by atoms with Crippen molar-refractivity contribution in [3.8, 4) is 0 Å². The predicted molar refractivity (Wildman–Crippen MR) is 433 cm³/mol. The molecule has 0 saturated carbocycles. The van der Waals surface area contributed by atoms with Crippen LogP contribution < -0.4 is 5.32 Å². The first-order valence-corrected chi connectivity index (χ1v) is 42.4. The molecule has 12 N–H and O–H groups in total. The summed E-state index contributed by atoms with van der Waals surface area (Å²) >= 11 is 0. The minimum Gasteiger partial charge on any atom is -0.394 e. The summed E-state index contributed by atoms with van der Waals surface area (Å²) in [5, 5.41) is 121. The lowest BCUT2D eigenvalue weighted by atomic mass is 9.96. The fourth-order valence-corrected chi connectivity index (χ4v) is 13.5. The Balaban J connectivity index is 1.36. The van der Waals surface area contributed by atoms with Crippen molar-refractivity contribution < 1.29 is 89.4 Å². The van der Waals surface area contributed by atoms with E-state index in [2.05, 4.69) is 153 Å². The van der Waals surface area contributed by atoms with Crippen molar-refractivity contribution in [1.29, 1.82) is 0 Å². The third-order valence-electron chi connectivity index (χ3n) is 20.2. The minimum absolute atomic E-state index is 0.236. The maximum absolute atomic E-state index is 13.5. The second-order valence-corrected chi connectivity index (χ2v) is 29.6. The maximum atomic E-state index is 13.5. The molecule has 3 fully saturated rings. The van der Waals surface area contributed by atoms with Crippen LogP contribution in [0.3, 0.4) is 0 Å². The summed E-state index contributed by atoms with van der Waals surface area (Å²) < 4.78 is 34.5. The van der Waals surface area contributed by atoms with Gasteiger partial charge in [-0.15, -0.1) is 0 Å². The van der Waals surface area contributed by atoms with E-state index in [9.17, 15) is 61.0 Å². The number of aliphatic hydroxyl groups is 11. The Hall–Kier alpha value is -4.07. The van der Waals surface area contributed by atoms with Crippen LogP contribution in [-0.2, 0) is 33.2 Å². The number of carbonyl (C=O) groups excluding carboxylic acids is 1. The Morgan fingerprint density at radius 3 is 1.00 bits per heavy atom. The third kappa shape index (κ3) is 46.2. The van der Waals surface area contributed by atoms with Gasteiger partial charge in [0.2, 0.25) is 5.91 Å².